The minimum Gasteiger partial charge on any atom is -0.332 e. The molecule has 3 rings (SSSR count). The highest BCUT2D eigenvalue weighted by Crippen LogP contribution is 2.14. The standard InChI is InChI=1S/C17H14N2OS/c20-16-11-15(14-9-5-2-6-10-14)18-17(21)19(16)12-13-7-3-1-4-8-13/h1-11H,12H2,(H,18,21). The summed E-state index contributed by atoms with van der Waals surface area (Å²) in [5, 5.41) is 0. The van der Waals surface area contributed by atoms with Crippen LogP contribution in [0.2, 0.25) is 0 Å². The smallest absolute Gasteiger partial charge is 0.255 e. The second kappa shape index (κ2) is 5.89. The lowest BCUT2D eigenvalue weighted by Crippen LogP contribution is -2.22. The molecule has 0 unspecified atom stereocenters. The fourth-order valence-electron chi connectivity index (χ4n) is 2.21. The van der Waals surface area contributed by atoms with Gasteiger partial charge in [-0.3, -0.25) is 9.36 Å². The van der Waals surface area contributed by atoms with Crippen LogP contribution in [0.15, 0.2) is 71.5 Å². The Morgan fingerprint density at radius 3 is 2.19 bits per heavy atom. The van der Waals surface area contributed by atoms with Crippen molar-refractivity contribution >= 4 is 12.2 Å². The van der Waals surface area contributed by atoms with E-state index in [9.17, 15) is 4.79 Å². The first-order valence-corrected chi connectivity index (χ1v) is 7.08. The Morgan fingerprint density at radius 2 is 1.57 bits per heavy atom. The van der Waals surface area contributed by atoms with Crippen LogP contribution in [-0.4, -0.2) is 9.55 Å². The topological polar surface area (TPSA) is 37.8 Å². The molecule has 1 N–H and O–H groups in total. The maximum atomic E-state index is 12.3. The summed E-state index contributed by atoms with van der Waals surface area (Å²) in [7, 11) is 0. The van der Waals surface area contributed by atoms with Crippen LogP contribution in [0.1, 0.15) is 5.56 Å². The molecule has 1 aromatic heterocycles. The molecule has 0 saturated carbocycles. The van der Waals surface area contributed by atoms with E-state index in [1.807, 2.05) is 60.7 Å². The van der Waals surface area contributed by atoms with Gasteiger partial charge in [0.15, 0.2) is 4.77 Å². The van der Waals surface area contributed by atoms with E-state index in [1.54, 1.807) is 10.6 Å². The molecule has 4 heteroatoms. The average Bonchev–Trinajstić information content (AvgIpc) is 2.52. The molecule has 0 bridgehead atoms. The van der Waals surface area contributed by atoms with Gasteiger partial charge in [-0.15, -0.1) is 0 Å². The van der Waals surface area contributed by atoms with Crippen molar-refractivity contribution in [3.63, 3.8) is 0 Å². The molecular formula is C17H14N2OS. The third-order valence-corrected chi connectivity index (χ3v) is 3.61. The molecular weight excluding hydrogens is 280 g/mol. The van der Waals surface area contributed by atoms with Gasteiger partial charge in [-0.05, 0) is 23.3 Å². The zero-order valence-corrected chi connectivity index (χ0v) is 12.1. The van der Waals surface area contributed by atoms with E-state index in [0.29, 0.717) is 11.3 Å². The van der Waals surface area contributed by atoms with Gasteiger partial charge < -0.3 is 4.98 Å². The van der Waals surface area contributed by atoms with Gasteiger partial charge in [0.05, 0.1) is 12.2 Å². The molecule has 0 saturated heterocycles. The van der Waals surface area contributed by atoms with Gasteiger partial charge in [-0.2, -0.15) is 0 Å². The Hall–Kier alpha value is -2.46. The summed E-state index contributed by atoms with van der Waals surface area (Å²) in [6, 6.07) is 21.1. The predicted octanol–water partition coefficient (Wildman–Crippen LogP) is 3.62. The fourth-order valence-corrected chi connectivity index (χ4v) is 2.47. The molecule has 0 spiro atoms. The summed E-state index contributed by atoms with van der Waals surface area (Å²) in [6.07, 6.45) is 0. The van der Waals surface area contributed by atoms with E-state index >= 15 is 0 Å². The van der Waals surface area contributed by atoms with E-state index in [4.69, 9.17) is 12.2 Å². The molecule has 3 nitrogen and oxygen atoms in total. The molecule has 2 aromatic carbocycles. The van der Waals surface area contributed by atoms with Crippen LogP contribution in [0.25, 0.3) is 11.3 Å². The van der Waals surface area contributed by atoms with Crippen molar-refractivity contribution in [1.82, 2.24) is 9.55 Å². The number of aromatic amines is 1. The highest BCUT2D eigenvalue weighted by atomic mass is 32.1. The van der Waals surface area contributed by atoms with Gasteiger partial charge in [0.1, 0.15) is 0 Å². The number of rotatable bonds is 3. The molecule has 104 valence electrons. The number of hydrogen-bond acceptors (Lipinski definition) is 2. The summed E-state index contributed by atoms with van der Waals surface area (Å²) in [6.45, 7) is 0.476. The maximum absolute atomic E-state index is 12.3. The second-order valence-electron chi connectivity index (χ2n) is 4.76. The number of benzene rings is 2. The minimum atomic E-state index is -0.0959. The fraction of sp³-hybridized carbons (Fsp3) is 0.0588. The molecule has 0 atom stereocenters. The van der Waals surface area contributed by atoms with Crippen LogP contribution in [0.5, 0.6) is 0 Å². The molecule has 0 aliphatic rings. The lowest BCUT2D eigenvalue weighted by atomic mass is 10.1. The van der Waals surface area contributed by atoms with Crippen LogP contribution in [0.4, 0.5) is 0 Å². The van der Waals surface area contributed by atoms with Crippen molar-refractivity contribution in [2.45, 2.75) is 6.54 Å². The van der Waals surface area contributed by atoms with Gasteiger partial charge in [-0.1, -0.05) is 60.7 Å². The highest BCUT2D eigenvalue weighted by Gasteiger charge is 2.04. The molecule has 0 aliphatic carbocycles. The van der Waals surface area contributed by atoms with E-state index in [-0.39, 0.29) is 5.56 Å². The average molecular weight is 294 g/mol. The van der Waals surface area contributed by atoms with E-state index in [0.717, 1.165) is 16.8 Å². The van der Waals surface area contributed by atoms with Crippen LogP contribution in [0, 0.1) is 4.77 Å². The van der Waals surface area contributed by atoms with Crippen molar-refractivity contribution in [3.8, 4) is 11.3 Å². The summed E-state index contributed by atoms with van der Waals surface area (Å²) < 4.78 is 2.00. The lowest BCUT2D eigenvalue weighted by Gasteiger charge is -2.08. The van der Waals surface area contributed by atoms with E-state index in [1.165, 1.54) is 0 Å². The number of nitrogens with one attached hydrogen (secondary N) is 1. The SMILES string of the molecule is O=c1cc(-c2ccccc2)[nH]c(=S)n1Cc1ccccc1. The van der Waals surface area contributed by atoms with Crippen molar-refractivity contribution in [1.29, 1.82) is 0 Å². The van der Waals surface area contributed by atoms with Crippen molar-refractivity contribution in [3.05, 3.63) is 87.4 Å². The quantitative estimate of drug-likeness (QED) is 0.749. The van der Waals surface area contributed by atoms with E-state index in [2.05, 4.69) is 4.98 Å². The Morgan fingerprint density at radius 1 is 0.952 bits per heavy atom. The number of aromatic nitrogens is 2. The molecule has 0 aliphatic heterocycles. The first-order valence-electron chi connectivity index (χ1n) is 6.67. The van der Waals surface area contributed by atoms with Crippen molar-refractivity contribution in [2.24, 2.45) is 0 Å². The predicted molar refractivity (Wildman–Crippen MR) is 86.9 cm³/mol. The maximum Gasteiger partial charge on any atom is 0.255 e. The largest absolute Gasteiger partial charge is 0.332 e. The van der Waals surface area contributed by atoms with Crippen LogP contribution in [-0.2, 0) is 6.54 Å². The van der Waals surface area contributed by atoms with Gasteiger partial charge in [-0.25, -0.2) is 0 Å². The van der Waals surface area contributed by atoms with Crippen LogP contribution in [0.3, 0.4) is 0 Å². The Labute approximate surface area is 127 Å². The van der Waals surface area contributed by atoms with Crippen LogP contribution >= 0.6 is 12.2 Å². The minimum absolute atomic E-state index is 0.0959. The summed E-state index contributed by atoms with van der Waals surface area (Å²) in [4.78, 5) is 15.4. The Balaban J connectivity index is 2.02. The Kier molecular flexibility index (Phi) is 3.79. The van der Waals surface area contributed by atoms with Crippen molar-refractivity contribution < 1.29 is 0 Å². The van der Waals surface area contributed by atoms with Gasteiger partial charge >= 0.3 is 0 Å². The number of nitrogens with zero attached hydrogens (tertiary/aromatic N) is 1. The third kappa shape index (κ3) is 3.01. The number of H-pyrrole nitrogens is 1. The molecule has 3 aromatic rings. The molecule has 0 radical (unpaired) electrons. The highest BCUT2D eigenvalue weighted by molar-refractivity contribution is 7.71. The molecule has 0 amide bonds. The number of hydrogen-bond donors (Lipinski definition) is 1. The first kappa shape index (κ1) is 13.5. The second-order valence-corrected chi connectivity index (χ2v) is 5.15. The molecule has 0 fully saturated rings. The van der Waals surface area contributed by atoms with Crippen molar-refractivity contribution in [2.75, 3.05) is 0 Å². The molecule has 21 heavy (non-hydrogen) atoms. The van der Waals surface area contributed by atoms with Crippen LogP contribution < -0.4 is 5.56 Å². The zero-order valence-electron chi connectivity index (χ0n) is 11.3. The normalized spacial score (nSPS) is 10.5. The summed E-state index contributed by atoms with van der Waals surface area (Å²) >= 11 is 5.33. The monoisotopic (exact) mass is 294 g/mol. The van der Waals surface area contributed by atoms with Gasteiger partial charge in [0.2, 0.25) is 0 Å². The van der Waals surface area contributed by atoms with E-state index < -0.39 is 0 Å². The van der Waals surface area contributed by atoms with Gasteiger partial charge in [0.25, 0.3) is 5.56 Å². The summed E-state index contributed by atoms with van der Waals surface area (Å²) in [5.74, 6) is 0. The summed E-state index contributed by atoms with van der Waals surface area (Å²) in [5.41, 5.74) is 2.65. The van der Waals surface area contributed by atoms with Gasteiger partial charge in [0, 0.05) is 6.07 Å². The molecule has 1 heterocycles. The zero-order chi connectivity index (χ0) is 14.7. The Bertz CT molecular complexity index is 820. The third-order valence-electron chi connectivity index (χ3n) is 3.29. The first-order chi connectivity index (χ1) is 10.2. The lowest BCUT2D eigenvalue weighted by molar-refractivity contribution is 0.723.